The second-order valence-electron chi connectivity index (χ2n) is 8.55. The molecule has 0 aliphatic carbocycles. The van der Waals surface area contributed by atoms with Gasteiger partial charge in [0.1, 0.15) is 15.7 Å². The number of thiocarbonyl (C=S) groups is 2. The molecular formula is C27H24F3N5O3S2. The molecule has 1 aromatic heterocycles. The van der Waals surface area contributed by atoms with E-state index in [4.69, 9.17) is 51.5 Å². The summed E-state index contributed by atoms with van der Waals surface area (Å²) in [6.07, 6.45) is -5.08. The van der Waals surface area contributed by atoms with E-state index in [-0.39, 0.29) is 5.91 Å². The minimum absolute atomic E-state index is 0.186. The molecule has 13 heteroatoms. The Morgan fingerprint density at radius 2 is 1.50 bits per heavy atom. The van der Waals surface area contributed by atoms with Crippen molar-refractivity contribution in [1.82, 2.24) is 9.88 Å². The van der Waals surface area contributed by atoms with E-state index in [9.17, 15) is 18.0 Å². The standard InChI is InChI=1S/C25H23N5OS2.C2HF3O2/c26-20-8-9-21-19(11-20)12-22(30(21)14-16-2-1-3-18(10-16)24(28)33)25(31)29-13-15-4-6-17(7-5-15)23(27)32;3-2(4,5)1(6)7/h1-12H,13-14,26H2,(H2,27,32)(H2,28,33)(H,29,31);(H,6,7). The number of hydrogen-bond acceptors (Lipinski definition) is 5. The van der Waals surface area contributed by atoms with Crippen LogP contribution in [0.5, 0.6) is 0 Å². The molecule has 0 spiro atoms. The molecule has 1 heterocycles. The number of rotatable bonds is 7. The van der Waals surface area contributed by atoms with Crippen LogP contribution < -0.4 is 22.5 Å². The van der Waals surface area contributed by atoms with Gasteiger partial charge in [0.15, 0.2) is 0 Å². The van der Waals surface area contributed by atoms with E-state index in [0.717, 1.165) is 33.2 Å². The van der Waals surface area contributed by atoms with Gasteiger partial charge in [0.2, 0.25) is 0 Å². The Morgan fingerprint density at radius 3 is 2.08 bits per heavy atom. The molecule has 1 amide bonds. The van der Waals surface area contributed by atoms with Crippen molar-refractivity contribution in [2.75, 3.05) is 5.73 Å². The maximum atomic E-state index is 13.2. The Balaban J connectivity index is 0.000000559. The Morgan fingerprint density at radius 1 is 0.875 bits per heavy atom. The van der Waals surface area contributed by atoms with E-state index in [1.54, 1.807) is 0 Å². The zero-order chi connectivity index (χ0) is 29.6. The van der Waals surface area contributed by atoms with Gasteiger partial charge in [-0.2, -0.15) is 13.2 Å². The number of hydrogen-bond donors (Lipinski definition) is 5. The van der Waals surface area contributed by atoms with Gasteiger partial charge in [0.05, 0.1) is 0 Å². The van der Waals surface area contributed by atoms with Crippen LogP contribution in [0.15, 0.2) is 72.8 Å². The second-order valence-corrected chi connectivity index (χ2v) is 9.43. The fourth-order valence-corrected chi connectivity index (χ4v) is 3.98. The number of anilines is 1. The molecule has 0 atom stereocenters. The molecule has 0 bridgehead atoms. The Labute approximate surface area is 237 Å². The predicted octanol–water partition coefficient (Wildman–Crippen LogP) is 4.10. The number of carbonyl (C=O) groups is 2. The number of halogens is 3. The van der Waals surface area contributed by atoms with Crippen LogP contribution in [0.2, 0.25) is 0 Å². The summed E-state index contributed by atoms with van der Waals surface area (Å²) >= 11 is 10.1. The van der Waals surface area contributed by atoms with Gasteiger partial charge in [-0.15, -0.1) is 0 Å². The number of nitrogens with zero attached hydrogens (tertiary/aromatic N) is 1. The van der Waals surface area contributed by atoms with Crippen LogP contribution in [0.3, 0.4) is 0 Å². The molecule has 8 nitrogen and oxygen atoms in total. The van der Waals surface area contributed by atoms with Crippen molar-refractivity contribution in [1.29, 1.82) is 0 Å². The molecule has 0 saturated carbocycles. The highest BCUT2D eigenvalue weighted by molar-refractivity contribution is 7.80. The van der Waals surface area contributed by atoms with Gasteiger partial charge in [0, 0.05) is 40.8 Å². The molecule has 40 heavy (non-hydrogen) atoms. The maximum absolute atomic E-state index is 13.2. The van der Waals surface area contributed by atoms with E-state index in [2.05, 4.69) is 5.32 Å². The van der Waals surface area contributed by atoms with Crippen LogP contribution in [0.25, 0.3) is 10.9 Å². The number of alkyl halides is 3. The lowest BCUT2D eigenvalue weighted by molar-refractivity contribution is -0.192. The lowest BCUT2D eigenvalue weighted by Gasteiger charge is -2.13. The van der Waals surface area contributed by atoms with E-state index in [1.165, 1.54) is 0 Å². The molecule has 0 unspecified atom stereocenters. The molecule has 4 rings (SSSR count). The van der Waals surface area contributed by atoms with Crippen molar-refractivity contribution in [3.63, 3.8) is 0 Å². The van der Waals surface area contributed by atoms with Gasteiger partial charge in [-0.25, -0.2) is 4.79 Å². The van der Waals surface area contributed by atoms with Crippen LogP contribution in [-0.4, -0.2) is 37.7 Å². The van der Waals surface area contributed by atoms with Crippen molar-refractivity contribution in [2.24, 2.45) is 11.5 Å². The van der Waals surface area contributed by atoms with Crippen LogP contribution in [-0.2, 0) is 17.9 Å². The first kappa shape index (κ1) is 30.1. The molecule has 208 valence electrons. The number of carboxylic acid groups (broad SMARTS) is 1. The monoisotopic (exact) mass is 587 g/mol. The number of nitrogen functional groups attached to an aromatic ring is 1. The fraction of sp³-hybridized carbons (Fsp3) is 0.111. The third-order valence-corrected chi connectivity index (χ3v) is 6.12. The molecule has 3 aromatic carbocycles. The first-order chi connectivity index (χ1) is 18.8. The average molecular weight is 588 g/mol. The van der Waals surface area contributed by atoms with Gasteiger partial charge in [0.25, 0.3) is 5.91 Å². The molecule has 0 saturated heterocycles. The quantitative estimate of drug-likeness (QED) is 0.160. The zero-order valence-electron chi connectivity index (χ0n) is 20.7. The van der Waals surface area contributed by atoms with E-state index in [0.29, 0.717) is 34.4 Å². The number of fused-ring (bicyclic) bond motifs is 1. The third kappa shape index (κ3) is 7.77. The summed E-state index contributed by atoms with van der Waals surface area (Å²) in [6.45, 7) is 0.853. The van der Waals surface area contributed by atoms with Gasteiger partial charge in [-0.1, -0.05) is 66.9 Å². The Bertz CT molecular complexity index is 1580. The minimum Gasteiger partial charge on any atom is -0.475 e. The topological polar surface area (TPSA) is 149 Å². The van der Waals surface area contributed by atoms with Gasteiger partial charge in [-0.3, -0.25) is 4.79 Å². The van der Waals surface area contributed by atoms with Crippen molar-refractivity contribution < 1.29 is 27.9 Å². The zero-order valence-corrected chi connectivity index (χ0v) is 22.4. The van der Waals surface area contributed by atoms with Crippen molar-refractivity contribution in [3.8, 4) is 0 Å². The number of aliphatic carboxylic acids is 1. The summed E-state index contributed by atoms with van der Waals surface area (Å²) in [7, 11) is 0. The first-order valence-electron chi connectivity index (χ1n) is 11.5. The van der Waals surface area contributed by atoms with Crippen molar-refractivity contribution in [2.45, 2.75) is 19.3 Å². The summed E-state index contributed by atoms with van der Waals surface area (Å²) in [4.78, 5) is 22.8. The summed E-state index contributed by atoms with van der Waals surface area (Å²) in [5.41, 5.74) is 23.0. The smallest absolute Gasteiger partial charge is 0.475 e. The summed E-state index contributed by atoms with van der Waals surface area (Å²) in [6, 6.07) is 22.7. The highest BCUT2D eigenvalue weighted by Crippen LogP contribution is 2.24. The fourth-order valence-electron chi connectivity index (χ4n) is 3.71. The van der Waals surface area contributed by atoms with Gasteiger partial charge < -0.3 is 32.2 Å². The van der Waals surface area contributed by atoms with E-state index in [1.807, 2.05) is 77.4 Å². The lowest BCUT2D eigenvalue weighted by Crippen LogP contribution is -2.25. The van der Waals surface area contributed by atoms with E-state index >= 15 is 0 Å². The van der Waals surface area contributed by atoms with Crippen LogP contribution >= 0.6 is 24.4 Å². The number of carbonyl (C=O) groups excluding carboxylic acids is 1. The maximum Gasteiger partial charge on any atom is 0.490 e. The van der Waals surface area contributed by atoms with Gasteiger partial charge >= 0.3 is 12.1 Å². The second kappa shape index (κ2) is 12.6. The number of amides is 1. The molecule has 0 aliphatic heterocycles. The third-order valence-electron chi connectivity index (χ3n) is 5.64. The summed E-state index contributed by atoms with van der Waals surface area (Å²) in [5.74, 6) is -2.94. The van der Waals surface area contributed by atoms with Crippen LogP contribution in [0.1, 0.15) is 32.7 Å². The number of carboxylic acids is 1. The highest BCUT2D eigenvalue weighted by atomic mass is 32.1. The van der Waals surface area contributed by atoms with Crippen LogP contribution in [0.4, 0.5) is 18.9 Å². The molecular weight excluding hydrogens is 563 g/mol. The summed E-state index contributed by atoms with van der Waals surface area (Å²) in [5, 5.41) is 11.0. The highest BCUT2D eigenvalue weighted by Gasteiger charge is 2.38. The lowest BCUT2D eigenvalue weighted by atomic mass is 10.1. The molecule has 0 fully saturated rings. The average Bonchev–Trinajstić information content (AvgIpc) is 3.24. The van der Waals surface area contributed by atoms with E-state index < -0.39 is 12.1 Å². The number of aromatic nitrogens is 1. The molecule has 0 aliphatic rings. The number of nitrogens with two attached hydrogens (primary N) is 3. The normalized spacial score (nSPS) is 10.9. The molecule has 4 aromatic rings. The molecule has 0 radical (unpaired) electrons. The Hall–Kier alpha value is -4.49. The number of benzene rings is 3. The van der Waals surface area contributed by atoms with Crippen molar-refractivity contribution >= 4 is 62.9 Å². The van der Waals surface area contributed by atoms with Gasteiger partial charge in [-0.05, 0) is 41.5 Å². The number of nitrogens with one attached hydrogen (secondary N) is 1. The molecule has 8 N–H and O–H groups in total. The largest absolute Gasteiger partial charge is 0.490 e. The SMILES string of the molecule is NC(=S)c1ccc(CNC(=O)c2cc3cc(N)ccc3n2Cc2cccc(C(N)=S)c2)cc1.O=C(O)C(F)(F)F. The Kier molecular flexibility index (Phi) is 9.45. The summed E-state index contributed by atoms with van der Waals surface area (Å²) < 4.78 is 33.7. The predicted molar refractivity (Wildman–Crippen MR) is 155 cm³/mol. The first-order valence-corrected chi connectivity index (χ1v) is 12.3. The minimum atomic E-state index is -5.08. The van der Waals surface area contributed by atoms with Crippen LogP contribution in [0, 0.1) is 0 Å². The van der Waals surface area contributed by atoms with Crippen molar-refractivity contribution in [3.05, 3.63) is 101 Å².